The summed E-state index contributed by atoms with van der Waals surface area (Å²) in [6.07, 6.45) is 5.61. The second-order valence-corrected chi connectivity index (χ2v) is 11.7. The zero-order valence-electron chi connectivity index (χ0n) is 24.0. The van der Waals surface area contributed by atoms with Gasteiger partial charge in [-0.1, -0.05) is 25.3 Å². The monoisotopic (exact) mass is 574 g/mol. The Bertz CT molecular complexity index is 1360. The molecule has 0 aliphatic heterocycles. The molecular formula is C32H38N4O4S. The van der Waals surface area contributed by atoms with Gasteiger partial charge in [0.15, 0.2) is 11.5 Å². The van der Waals surface area contributed by atoms with E-state index < -0.39 is 0 Å². The molecule has 1 N–H and O–H groups in total. The van der Waals surface area contributed by atoms with Gasteiger partial charge in [0, 0.05) is 28.0 Å². The van der Waals surface area contributed by atoms with Crippen molar-refractivity contribution < 1.29 is 19.1 Å². The highest BCUT2D eigenvalue weighted by Crippen LogP contribution is 2.28. The van der Waals surface area contributed by atoms with Gasteiger partial charge >= 0.3 is 6.03 Å². The van der Waals surface area contributed by atoms with Crippen molar-refractivity contribution in [3.63, 3.8) is 0 Å². The van der Waals surface area contributed by atoms with E-state index in [2.05, 4.69) is 30.4 Å². The van der Waals surface area contributed by atoms with Crippen LogP contribution in [0, 0.1) is 18.3 Å². The summed E-state index contributed by atoms with van der Waals surface area (Å²) in [6, 6.07) is 18.5. The molecule has 4 rings (SSSR count). The van der Waals surface area contributed by atoms with Crippen LogP contribution in [0.5, 0.6) is 11.5 Å². The van der Waals surface area contributed by atoms with Crippen LogP contribution in [0.2, 0.25) is 0 Å². The number of carbonyl (C=O) groups excluding carboxylic acids is 2. The van der Waals surface area contributed by atoms with Gasteiger partial charge in [-0.05, 0) is 80.3 Å². The van der Waals surface area contributed by atoms with Crippen LogP contribution in [0.25, 0.3) is 0 Å². The lowest BCUT2D eigenvalue weighted by molar-refractivity contribution is -0.132. The molecule has 1 aliphatic rings. The van der Waals surface area contributed by atoms with Gasteiger partial charge in [0.1, 0.15) is 6.54 Å². The number of hydrogen-bond donors (Lipinski definition) is 1. The number of rotatable bonds is 11. The number of nitriles is 1. The largest absolute Gasteiger partial charge is 0.493 e. The third-order valence-corrected chi connectivity index (χ3v) is 8.45. The Morgan fingerprint density at radius 1 is 1.00 bits per heavy atom. The molecule has 1 aliphatic carbocycles. The van der Waals surface area contributed by atoms with Crippen molar-refractivity contribution in [2.45, 2.75) is 58.0 Å². The van der Waals surface area contributed by atoms with Crippen LogP contribution in [-0.4, -0.2) is 55.1 Å². The van der Waals surface area contributed by atoms with E-state index in [1.807, 2.05) is 23.1 Å². The molecule has 0 saturated heterocycles. The van der Waals surface area contributed by atoms with Gasteiger partial charge in [0.2, 0.25) is 5.91 Å². The second-order valence-electron chi connectivity index (χ2n) is 10.3. The summed E-state index contributed by atoms with van der Waals surface area (Å²) in [6.45, 7) is 3.05. The summed E-state index contributed by atoms with van der Waals surface area (Å²) in [5, 5.41) is 12.0. The van der Waals surface area contributed by atoms with Crippen LogP contribution in [0.4, 0.5) is 10.5 Å². The van der Waals surface area contributed by atoms with E-state index in [0.29, 0.717) is 42.3 Å². The minimum absolute atomic E-state index is 0.00256. The van der Waals surface area contributed by atoms with Crippen molar-refractivity contribution in [2.24, 2.45) is 0 Å². The lowest BCUT2D eigenvalue weighted by atomic mass is 9.94. The quantitative estimate of drug-likeness (QED) is 0.287. The first-order chi connectivity index (χ1) is 19.9. The van der Waals surface area contributed by atoms with Gasteiger partial charge in [0.25, 0.3) is 0 Å². The molecule has 8 nitrogen and oxygen atoms in total. The highest BCUT2D eigenvalue weighted by molar-refractivity contribution is 7.11. The zero-order valence-corrected chi connectivity index (χ0v) is 24.8. The average molecular weight is 575 g/mol. The first-order valence-electron chi connectivity index (χ1n) is 14.0. The summed E-state index contributed by atoms with van der Waals surface area (Å²) < 4.78 is 10.8. The molecule has 3 amide bonds. The molecule has 41 heavy (non-hydrogen) atoms. The van der Waals surface area contributed by atoms with Gasteiger partial charge in [-0.15, -0.1) is 11.3 Å². The van der Waals surface area contributed by atoms with Crippen LogP contribution in [-0.2, 0) is 17.8 Å². The van der Waals surface area contributed by atoms with E-state index in [0.717, 1.165) is 42.5 Å². The Morgan fingerprint density at radius 3 is 2.37 bits per heavy atom. The molecule has 3 aromatic rings. The molecule has 1 fully saturated rings. The number of nitrogens with one attached hydrogen (secondary N) is 1. The van der Waals surface area contributed by atoms with E-state index in [1.165, 1.54) is 4.88 Å². The summed E-state index contributed by atoms with van der Waals surface area (Å²) >= 11 is 1.68. The highest BCUT2D eigenvalue weighted by atomic mass is 32.1. The fourth-order valence-electron chi connectivity index (χ4n) is 5.18. The van der Waals surface area contributed by atoms with E-state index in [9.17, 15) is 9.59 Å². The van der Waals surface area contributed by atoms with Crippen molar-refractivity contribution in [1.82, 2.24) is 9.80 Å². The van der Waals surface area contributed by atoms with E-state index in [1.54, 1.807) is 54.7 Å². The Hall–Kier alpha value is -4.03. The predicted octanol–water partition coefficient (Wildman–Crippen LogP) is 6.38. The third-order valence-electron chi connectivity index (χ3n) is 7.46. The molecule has 2 aromatic carbocycles. The fraction of sp³-hybridized carbons (Fsp3) is 0.406. The smallest absolute Gasteiger partial charge is 0.322 e. The SMILES string of the molecule is COc1ccc(CCN(Cc2ccc(C)s2)C(=O)CN(C(=O)Nc2ccc(C#N)cc2)C2CCCCC2)cc1OC. The van der Waals surface area contributed by atoms with Gasteiger partial charge in [-0.3, -0.25) is 4.79 Å². The first kappa shape index (κ1) is 29.9. The fourth-order valence-corrected chi connectivity index (χ4v) is 6.08. The Labute approximate surface area is 246 Å². The molecule has 0 unspecified atom stereocenters. The van der Waals surface area contributed by atoms with Crippen molar-refractivity contribution in [1.29, 1.82) is 5.26 Å². The standard InChI is InChI=1S/C32H38N4O4S/c1-23-9-15-28(41-23)21-35(18-17-24-12-16-29(39-2)30(19-24)40-3)31(37)22-36(27-7-5-4-6-8-27)32(38)34-26-13-10-25(20-33)11-14-26/h9-16,19,27H,4-8,17-18,21-22H2,1-3H3,(H,34,38). The predicted molar refractivity (Wildman–Crippen MR) is 161 cm³/mol. The number of urea groups is 1. The van der Waals surface area contributed by atoms with E-state index in [4.69, 9.17) is 14.7 Å². The minimum Gasteiger partial charge on any atom is -0.493 e. The van der Waals surface area contributed by atoms with Crippen molar-refractivity contribution in [2.75, 3.05) is 32.6 Å². The van der Waals surface area contributed by atoms with Crippen LogP contribution in [0.1, 0.15) is 53.0 Å². The van der Waals surface area contributed by atoms with Crippen LogP contribution < -0.4 is 14.8 Å². The molecule has 0 bridgehead atoms. The summed E-state index contributed by atoms with van der Waals surface area (Å²) in [7, 11) is 3.22. The molecule has 1 saturated carbocycles. The average Bonchev–Trinajstić information content (AvgIpc) is 3.42. The number of ether oxygens (including phenoxy) is 2. The van der Waals surface area contributed by atoms with Crippen LogP contribution >= 0.6 is 11.3 Å². The van der Waals surface area contributed by atoms with E-state index in [-0.39, 0.29) is 24.5 Å². The number of carbonyl (C=O) groups is 2. The molecule has 1 aromatic heterocycles. The molecule has 0 spiro atoms. The normalized spacial score (nSPS) is 13.2. The Morgan fingerprint density at radius 2 is 1.73 bits per heavy atom. The second kappa shape index (κ2) is 14.6. The topological polar surface area (TPSA) is 94.9 Å². The zero-order chi connectivity index (χ0) is 29.2. The molecular weight excluding hydrogens is 536 g/mol. The number of benzene rings is 2. The molecule has 0 atom stereocenters. The van der Waals surface area contributed by atoms with Crippen molar-refractivity contribution in [3.05, 3.63) is 75.5 Å². The number of anilines is 1. The summed E-state index contributed by atoms with van der Waals surface area (Å²) in [4.78, 5) is 33.3. The third kappa shape index (κ3) is 8.24. The Balaban J connectivity index is 1.52. The number of thiophene rings is 1. The maximum Gasteiger partial charge on any atom is 0.322 e. The molecule has 9 heteroatoms. The van der Waals surface area contributed by atoms with Gasteiger partial charge in [-0.2, -0.15) is 5.26 Å². The molecule has 1 heterocycles. The van der Waals surface area contributed by atoms with Gasteiger partial charge < -0.3 is 24.6 Å². The number of amides is 3. The molecule has 216 valence electrons. The van der Waals surface area contributed by atoms with Crippen LogP contribution in [0.3, 0.4) is 0 Å². The van der Waals surface area contributed by atoms with Crippen molar-refractivity contribution in [3.8, 4) is 17.6 Å². The van der Waals surface area contributed by atoms with Gasteiger partial charge in [0.05, 0.1) is 32.4 Å². The summed E-state index contributed by atoms with van der Waals surface area (Å²) in [5.74, 6) is 1.23. The summed E-state index contributed by atoms with van der Waals surface area (Å²) in [5.41, 5.74) is 2.16. The minimum atomic E-state index is -0.290. The first-order valence-corrected chi connectivity index (χ1v) is 14.8. The van der Waals surface area contributed by atoms with Crippen molar-refractivity contribution >= 4 is 29.0 Å². The number of hydrogen-bond acceptors (Lipinski definition) is 6. The number of methoxy groups -OCH3 is 2. The van der Waals surface area contributed by atoms with E-state index >= 15 is 0 Å². The van der Waals surface area contributed by atoms with Gasteiger partial charge in [-0.25, -0.2) is 4.79 Å². The lowest BCUT2D eigenvalue weighted by Crippen LogP contribution is -2.49. The maximum absolute atomic E-state index is 13.9. The highest BCUT2D eigenvalue weighted by Gasteiger charge is 2.29. The Kier molecular flexibility index (Phi) is 10.6. The molecule has 0 radical (unpaired) electrons. The number of nitrogens with zero attached hydrogens (tertiary/aromatic N) is 3. The maximum atomic E-state index is 13.9. The lowest BCUT2D eigenvalue weighted by Gasteiger charge is -2.35. The number of aryl methyl sites for hydroxylation is 1. The van der Waals surface area contributed by atoms with Crippen LogP contribution in [0.15, 0.2) is 54.6 Å².